The van der Waals surface area contributed by atoms with Crippen LogP contribution >= 0.6 is 0 Å². The van der Waals surface area contributed by atoms with Crippen molar-refractivity contribution < 1.29 is 14.4 Å². The van der Waals surface area contributed by atoms with Crippen LogP contribution in [0.1, 0.15) is 19.3 Å². The molecule has 0 radical (unpaired) electrons. The molecule has 5 heteroatoms. The molecule has 1 fully saturated rings. The van der Waals surface area contributed by atoms with E-state index in [2.05, 4.69) is 0 Å². The van der Waals surface area contributed by atoms with Gasteiger partial charge in [-0.3, -0.25) is 19.3 Å². The Morgan fingerprint density at radius 1 is 1.31 bits per heavy atom. The second kappa shape index (κ2) is 4.13. The number of imide groups is 1. The van der Waals surface area contributed by atoms with Crippen molar-refractivity contribution in [2.45, 2.75) is 19.3 Å². The van der Waals surface area contributed by atoms with Gasteiger partial charge in [0, 0.05) is 25.8 Å². The lowest BCUT2D eigenvalue weighted by molar-refractivity contribution is -0.138. The van der Waals surface area contributed by atoms with E-state index < -0.39 is 0 Å². The van der Waals surface area contributed by atoms with E-state index in [4.69, 9.17) is 5.73 Å². The summed E-state index contributed by atoms with van der Waals surface area (Å²) in [4.78, 5) is 34.0. The molecule has 0 unspecified atom stereocenters. The summed E-state index contributed by atoms with van der Waals surface area (Å²) in [5, 5.41) is 0. The van der Waals surface area contributed by atoms with Gasteiger partial charge in [-0.2, -0.15) is 0 Å². The first-order chi connectivity index (χ1) is 6.15. The van der Waals surface area contributed by atoms with Crippen molar-refractivity contribution in [3.05, 3.63) is 0 Å². The minimum absolute atomic E-state index is 0.0315. The van der Waals surface area contributed by atoms with Gasteiger partial charge in [0.05, 0.1) is 6.54 Å². The molecule has 1 rings (SSSR count). The zero-order valence-corrected chi connectivity index (χ0v) is 7.28. The summed E-state index contributed by atoms with van der Waals surface area (Å²) in [7, 11) is 0. The fraction of sp³-hybridized carbons (Fsp3) is 0.625. The summed E-state index contributed by atoms with van der Waals surface area (Å²) in [6, 6.07) is 0. The molecule has 13 heavy (non-hydrogen) atoms. The SMILES string of the molecule is NCC(=O)CCN1C(=O)CCC1=O. The predicted molar refractivity (Wildman–Crippen MR) is 44.6 cm³/mol. The molecule has 1 heterocycles. The third kappa shape index (κ3) is 2.35. The Hall–Kier alpha value is -1.23. The number of rotatable bonds is 4. The lowest BCUT2D eigenvalue weighted by atomic mass is 10.3. The lowest BCUT2D eigenvalue weighted by Gasteiger charge is -2.11. The average molecular weight is 184 g/mol. The molecular formula is C8H12N2O3. The van der Waals surface area contributed by atoms with Crippen LogP contribution in [0.5, 0.6) is 0 Å². The Bertz CT molecular complexity index is 234. The predicted octanol–water partition coefficient (Wildman–Crippen LogP) is -0.947. The van der Waals surface area contributed by atoms with Gasteiger partial charge in [-0.05, 0) is 0 Å². The molecule has 1 aliphatic rings. The number of hydrogen-bond acceptors (Lipinski definition) is 4. The number of nitrogens with two attached hydrogens (primary N) is 1. The molecule has 0 aromatic rings. The van der Waals surface area contributed by atoms with Gasteiger partial charge >= 0.3 is 0 Å². The Kier molecular flexibility index (Phi) is 3.13. The summed E-state index contributed by atoms with van der Waals surface area (Å²) < 4.78 is 0. The van der Waals surface area contributed by atoms with Gasteiger partial charge in [-0.15, -0.1) is 0 Å². The van der Waals surface area contributed by atoms with E-state index in [1.54, 1.807) is 0 Å². The van der Waals surface area contributed by atoms with E-state index in [-0.39, 0.29) is 49.9 Å². The van der Waals surface area contributed by atoms with Crippen LogP contribution in [0.15, 0.2) is 0 Å². The van der Waals surface area contributed by atoms with Crippen LogP contribution in [-0.4, -0.2) is 35.6 Å². The highest BCUT2D eigenvalue weighted by atomic mass is 16.2. The molecule has 0 aromatic carbocycles. The van der Waals surface area contributed by atoms with E-state index in [0.29, 0.717) is 0 Å². The first-order valence-corrected chi connectivity index (χ1v) is 4.20. The zero-order valence-electron chi connectivity index (χ0n) is 7.28. The van der Waals surface area contributed by atoms with Gasteiger partial charge in [-0.1, -0.05) is 0 Å². The number of ketones is 1. The van der Waals surface area contributed by atoms with Crippen LogP contribution < -0.4 is 5.73 Å². The first kappa shape index (κ1) is 9.85. The highest BCUT2D eigenvalue weighted by Gasteiger charge is 2.28. The van der Waals surface area contributed by atoms with Crippen LogP contribution in [0.25, 0.3) is 0 Å². The number of hydrogen-bond donors (Lipinski definition) is 1. The van der Waals surface area contributed by atoms with Crippen molar-refractivity contribution in [2.24, 2.45) is 5.73 Å². The third-order valence-corrected chi connectivity index (χ3v) is 2.00. The number of Topliss-reactive ketones (excluding diaryl/α,β-unsaturated/α-hetero) is 1. The largest absolute Gasteiger partial charge is 0.324 e. The van der Waals surface area contributed by atoms with Crippen molar-refractivity contribution in [1.82, 2.24) is 4.90 Å². The quantitative estimate of drug-likeness (QED) is 0.571. The highest BCUT2D eigenvalue weighted by Crippen LogP contribution is 2.11. The van der Waals surface area contributed by atoms with Gasteiger partial charge in [-0.25, -0.2) is 0 Å². The van der Waals surface area contributed by atoms with Crippen LogP contribution in [0.3, 0.4) is 0 Å². The fourth-order valence-electron chi connectivity index (χ4n) is 1.21. The molecule has 0 saturated carbocycles. The Labute approximate surface area is 75.9 Å². The van der Waals surface area contributed by atoms with Crippen molar-refractivity contribution in [2.75, 3.05) is 13.1 Å². The van der Waals surface area contributed by atoms with Gasteiger partial charge in [0.2, 0.25) is 11.8 Å². The minimum atomic E-state index is -0.185. The maximum Gasteiger partial charge on any atom is 0.229 e. The summed E-state index contributed by atoms with van der Waals surface area (Å²) in [6.07, 6.45) is 0.722. The Morgan fingerprint density at radius 2 is 1.85 bits per heavy atom. The summed E-state index contributed by atoms with van der Waals surface area (Å²) in [5.74, 6) is -0.503. The molecule has 0 aromatic heterocycles. The molecule has 0 bridgehead atoms. The summed E-state index contributed by atoms with van der Waals surface area (Å²) in [6.45, 7) is 0.157. The van der Waals surface area contributed by atoms with Gasteiger partial charge in [0.15, 0.2) is 0 Å². The smallest absolute Gasteiger partial charge is 0.229 e. The Morgan fingerprint density at radius 3 is 2.31 bits per heavy atom. The van der Waals surface area contributed by atoms with Crippen molar-refractivity contribution in [1.29, 1.82) is 0 Å². The standard InChI is InChI=1S/C8H12N2O3/c9-5-6(11)3-4-10-7(12)1-2-8(10)13/h1-5,9H2. The molecule has 0 aliphatic carbocycles. The zero-order chi connectivity index (χ0) is 9.84. The molecule has 2 N–H and O–H groups in total. The molecule has 1 aliphatic heterocycles. The van der Waals surface area contributed by atoms with Crippen molar-refractivity contribution in [3.63, 3.8) is 0 Å². The molecule has 5 nitrogen and oxygen atoms in total. The second-order valence-corrected chi connectivity index (χ2v) is 2.93. The topological polar surface area (TPSA) is 80.5 Å². The maximum absolute atomic E-state index is 11.0. The van der Waals surface area contributed by atoms with E-state index >= 15 is 0 Å². The van der Waals surface area contributed by atoms with Gasteiger partial charge < -0.3 is 5.73 Å². The van der Waals surface area contributed by atoms with E-state index in [1.165, 1.54) is 0 Å². The van der Waals surface area contributed by atoms with Gasteiger partial charge in [0.25, 0.3) is 0 Å². The molecule has 0 spiro atoms. The normalized spacial score (nSPS) is 16.8. The van der Waals surface area contributed by atoms with Crippen molar-refractivity contribution >= 4 is 17.6 Å². The number of nitrogens with zero attached hydrogens (tertiary/aromatic N) is 1. The fourth-order valence-corrected chi connectivity index (χ4v) is 1.21. The highest BCUT2D eigenvalue weighted by molar-refractivity contribution is 6.02. The molecular weight excluding hydrogens is 172 g/mol. The number of carbonyl (C=O) groups is 3. The number of amides is 2. The maximum atomic E-state index is 11.0. The lowest BCUT2D eigenvalue weighted by Crippen LogP contribution is -2.32. The minimum Gasteiger partial charge on any atom is -0.324 e. The monoisotopic (exact) mass is 184 g/mol. The summed E-state index contributed by atoms with van der Waals surface area (Å²) >= 11 is 0. The van der Waals surface area contributed by atoms with Gasteiger partial charge in [0.1, 0.15) is 5.78 Å². The van der Waals surface area contributed by atoms with E-state index in [1.807, 2.05) is 0 Å². The first-order valence-electron chi connectivity index (χ1n) is 4.20. The van der Waals surface area contributed by atoms with E-state index in [9.17, 15) is 14.4 Å². The number of likely N-dealkylation sites (tertiary alicyclic amines) is 1. The molecule has 1 saturated heterocycles. The third-order valence-electron chi connectivity index (χ3n) is 2.00. The second-order valence-electron chi connectivity index (χ2n) is 2.93. The van der Waals surface area contributed by atoms with Crippen LogP contribution in [0.2, 0.25) is 0 Å². The van der Waals surface area contributed by atoms with Crippen LogP contribution in [0.4, 0.5) is 0 Å². The van der Waals surface area contributed by atoms with E-state index in [0.717, 1.165) is 4.90 Å². The molecule has 72 valence electrons. The summed E-state index contributed by atoms with van der Waals surface area (Å²) in [5.41, 5.74) is 5.09. The Balaban J connectivity index is 2.40. The average Bonchev–Trinajstić information content (AvgIpc) is 2.43. The van der Waals surface area contributed by atoms with Crippen LogP contribution in [0, 0.1) is 0 Å². The van der Waals surface area contributed by atoms with Crippen molar-refractivity contribution in [3.8, 4) is 0 Å². The van der Waals surface area contributed by atoms with Crippen LogP contribution in [-0.2, 0) is 14.4 Å². The number of carbonyl (C=O) groups excluding carboxylic acids is 3. The molecule has 0 atom stereocenters. The molecule has 2 amide bonds.